The van der Waals surface area contributed by atoms with Crippen molar-refractivity contribution in [3.63, 3.8) is 0 Å². The molecule has 0 atom stereocenters. The Morgan fingerprint density at radius 1 is 1.53 bits per heavy atom. The Bertz CT molecular complexity index is 427. The molecule has 1 aromatic carbocycles. The van der Waals surface area contributed by atoms with Crippen molar-refractivity contribution in [1.82, 2.24) is 0 Å². The van der Waals surface area contributed by atoms with Crippen LogP contribution in [0.25, 0.3) is 0 Å². The second-order valence-corrected chi connectivity index (χ2v) is 3.09. The SMILES string of the molecule is CC(=O)Oc1ccc2c(c1)NC(=O)CO2. The maximum absolute atomic E-state index is 11.0. The summed E-state index contributed by atoms with van der Waals surface area (Å²) in [5.41, 5.74) is 0.519. The van der Waals surface area contributed by atoms with Crippen molar-refractivity contribution >= 4 is 17.6 Å². The van der Waals surface area contributed by atoms with Crippen molar-refractivity contribution in [2.24, 2.45) is 0 Å². The molecule has 5 heteroatoms. The Kier molecular flexibility index (Phi) is 2.29. The third-order valence-electron chi connectivity index (χ3n) is 1.85. The highest BCUT2D eigenvalue weighted by molar-refractivity contribution is 5.95. The fraction of sp³-hybridized carbons (Fsp3) is 0.200. The van der Waals surface area contributed by atoms with Crippen LogP contribution in [0.3, 0.4) is 0 Å². The zero-order valence-electron chi connectivity index (χ0n) is 8.07. The van der Waals surface area contributed by atoms with Gasteiger partial charge in [-0.2, -0.15) is 0 Å². The number of carbonyl (C=O) groups excluding carboxylic acids is 2. The summed E-state index contributed by atoms with van der Waals surface area (Å²) in [5.74, 6) is 0.332. The molecule has 1 aliphatic rings. The fourth-order valence-electron chi connectivity index (χ4n) is 1.29. The molecule has 0 aliphatic carbocycles. The first-order valence-corrected chi connectivity index (χ1v) is 4.40. The van der Waals surface area contributed by atoms with Crippen LogP contribution in [-0.2, 0) is 9.59 Å². The van der Waals surface area contributed by atoms with E-state index in [-0.39, 0.29) is 12.5 Å². The molecular formula is C10H9NO4. The van der Waals surface area contributed by atoms with Gasteiger partial charge in [-0.05, 0) is 12.1 Å². The predicted octanol–water partition coefficient (Wildman–Crippen LogP) is 0.943. The maximum atomic E-state index is 11.0. The molecule has 1 amide bonds. The van der Waals surface area contributed by atoms with Crippen LogP contribution >= 0.6 is 0 Å². The molecule has 0 saturated carbocycles. The number of ether oxygens (including phenoxy) is 2. The first-order chi connectivity index (χ1) is 7.15. The lowest BCUT2D eigenvalue weighted by atomic mass is 10.2. The number of fused-ring (bicyclic) bond motifs is 1. The summed E-state index contributed by atoms with van der Waals surface area (Å²) in [4.78, 5) is 21.7. The number of nitrogens with one attached hydrogen (secondary N) is 1. The van der Waals surface area contributed by atoms with Crippen molar-refractivity contribution in [2.45, 2.75) is 6.92 Å². The minimum Gasteiger partial charge on any atom is -0.482 e. The molecular weight excluding hydrogens is 198 g/mol. The Labute approximate surface area is 86.0 Å². The van der Waals surface area contributed by atoms with Gasteiger partial charge >= 0.3 is 5.97 Å². The molecule has 0 spiro atoms. The van der Waals surface area contributed by atoms with Gasteiger partial charge in [-0.1, -0.05) is 0 Å². The van der Waals surface area contributed by atoms with E-state index in [9.17, 15) is 9.59 Å². The van der Waals surface area contributed by atoms with E-state index in [0.29, 0.717) is 17.2 Å². The Balaban J connectivity index is 2.28. The van der Waals surface area contributed by atoms with E-state index in [1.165, 1.54) is 6.92 Å². The molecule has 1 N–H and O–H groups in total. The molecule has 0 unspecified atom stereocenters. The summed E-state index contributed by atoms with van der Waals surface area (Å²) < 4.78 is 10.0. The normalized spacial score (nSPS) is 13.5. The highest BCUT2D eigenvalue weighted by Gasteiger charge is 2.16. The zero-order chi connectivity index (χ0) is 10.8. The third-order valence-corrected chi connectivity index (χ3v) is 1.85. The summed E-state index contributed by atoms with van der Waals surface area (Å²) in [7, 11) is 0. The van der Waals surface area contributed by atoms with E-state index in [2.05, 4.69) is 5.32 Å². The van der Waals surface area contributed by atoms with E-state index < -0.39 is 5.97 Å². The first-order valence-electron chi connectivity index (χ1n) is 4.40. The molecule has 78 valence electrons. The lowest BCUT2D eigenvalue weighted by Crippen LogP contribution is -2.25. The predicted molar refractivity (Wildman–Crippen MR) is 51.9 cm³/mol. The number of benzene rings is 1. The highest BCUT2D eigenvalue weighted by Crippen LogP contribution is 2.31. The Morgan fingerprint density at radius 3 is 3.07 bits per heavy atom. The van der Waals surface area contributed by atoms with Gasteiger partial charge in [-0.15, -0.1) is 0 Å². The van der Waals surface area contributed by atoms with Crippen LogP contribution in [0.15, 0.2) is 18.2 Å². The van der Waals surface area contributed by atoms with Crippen molar-refractivity contribution in [2.75, 3.05) is 11.9 Å². The highest BCUT2D eigenvalue weighted by atomic mass is 16.5. The van der Waals surface area contributed by atoms with Gasteiger partial charge in [0.15, 0.2) is 6.61 Å². The van der Waals surface area contributed by atoms with Crippen molar-refractivity contribution in [3.05, 3.63) is 18.2 Å². The van der Waals surface area contributed by atoms with E-state index in [0.717, 1.165) is 0 Å². The second-order valence-electron chi connectivity index (χ2n) is 3.09. The molecule has 0 aromatic heterocycles. The van der Waals surface area contributed by atoms with E-state index >= 15 is 0 Å². The fourth-order valence-corrected chi connectivity index (χ4v) is 1.29. The van der Waals surface area contributed by atoms with Crippen molar-refractivity contribution in [3.8, 4) is 11.5 Å². The van der Waals surface area contributed by atoms with Gasteiger partial charge in [0.2, 0.25) is 0 Å². The molecule has 2 rings (SSSR count). The largest absolute Gasteiger partial charge is 0.482 e. The molecule has 0 radical (unpaired) electrons. The van der Waals surface area contributed by atoms with Crippen LogP contribution < -0.4 is 14.8 Å². The average molecular weight is 207 g/mol. The van der Waals surface area contributed by atoms with Gasteiger partial charge in [0.25, 0.3) is 5.91 Å². The van der Waals surface area contributed by atoms with Gasteiger partial charge in [-0.3, -0.25) is 9.59 Å². The molecule has 1 aliphatic heterocycles. The van der Waals surface area contributed by atoms with Crippen LogP contribution in [0.5, 0.6) is 11.5 Å². The molecule has 0 fully saturated rings. The molecule has 1 heterocycles. The van der Waals surface area contributed by atoms with Crippen LogP contribution in [-0.4, -0.2) is 18.5 Å². The molecule has 1 aromatic rings. The summed E-state index contributed by atoms with van der Waals surface area (Å²) in [5, 5.41) is 2.62. The number of hydrogen-bond acceptors (Lipinski definition) is 4. The lowest BCUT2D eigenvalue weighted by molar-refractivity contribution is -0.131. The number of esters is 1. The summed E-state index contributed by atoms with van der Waals surface area (Å²) in [6, 6.07) is 4.80. The number of hydrogen-bond donors (Lipinski definition) is 1. The van der Waals surface area contributed by atoms with Gasteiger partial charge < -0.3 is 14.8 Å². The van der Waals surface area contributed by atoms with Crippen LogP contribution in [0.2, 0.25) is 0 Å². The minimum atomic E-state index is -0.405. The van der Waals surface area contributed by atoms with Crippen LogP contribution in [0.1, 0.15) is 6.92 Å². The molecule has 15 heavy (non-hydrogen) atoms. The van der Waals surface area contributed by atoms with Gasteiger partial charge in [0.05, 0.1) is 5.69 Å². The second kappa shape index (κ2) is 3.61. The number of anilines is 1. The monoisotopic (exact) mass is 207 g/mol. The van der Waals surface area contributed by atoms with Crippen molar-refractivity contribution in [1.29, 1.82) is 0 Å². The number of amides is 1. The summed E-state index contributed by atoms with van der Waals surface area (Å²) >= 11 is 0. The van der Waals surface area contributed by atoms with Gasteiger partial charge in [0.1, 0.15) is 11.5 Å². The van der Waals surface area contributed by atoms with E-state index in [1.807, 2.05) is 0 Å². The maximum Gasteiger partial charge on any atom is 0.308 e. The minimum absolute atomic E-state index is 0.0138. The lowest BCUT2D eigenvalue weighted by Gasteiger charge is -2.18. The summed E-state index contributed by atoms with van der Waals surface area (Å²) in [6.45, 7) is 1.33. The first kappa shape index (κ1) is 9.51. The summed E-state index contributed by atoms with van der Waals surface area (Å²) in [6.07, 6.45) is 0. The topological polar surface area (TPSA) is 64.6 Å². The van der Waals surface area contributed by atoms with Crippen LogP contribution in [0.4, 0.5) is 5.69 Å². The standard InChI is InChI=1S/C10H9NO4/c1-6(12)15-7-2-3-9-8(4-7)11-10(13)5-14-9/h2-4H,5H2,1H3,(H,11,13). The molecule has 0 saturated heterocycles. The third kappa shape index (κ3) is 2.07. The molecule has 5 nitrogen and oxygen atoms in total. The number of rotatable bonds is 1. The van der Waals surface area contributed by atoms with Crippen molar-refractivity contribution < 1.29 is 19.1 Å². The Morgan fingerprint density at radius 2 is 2.33 bits per heavy atom. The number of carbonyl (C=O) groups is 2. The van der Waals surface area contributed by atoms with Crippen LogP contribution in [0, 0.1) is 0 Å². The van der Waals surface area contributed by atoms with Gasteiger partial charge in [-0.25, -0.2) is 0 Å². The Hall–Kier alpha value is -2.04. The van der Waals surface area contributed by atoms with E-state index in [4.69, 9.17) is 9.47 Å². The quantitative estimate of drug-likeness (QED) is 0.550. The van der Waals surface area contributed by atoms with Gasteiger partial charge in [0, 0.05) is 13.0 Å². The van der Waals surface area contributed by atoms with E-state index in [1.54, 1.807) is 18.2 Å². The average Bonchev–Trinajstić information content (AvgIpc) is 2.16. The zero-order valence-corrected chi connectivity index (χ0v) is 8.07. The smallest absolute Gasteiger partial charge is 0.308 e. The molecule has 0 bridgehead atoms.